The molecule has 0 bridgehead atoms. The summed E-state index contributed by atoms with van der Waals surface area (Å²) in [6.45, 7) is 4.81. The van der Waals surface area contributed by atoms with Gasteiger partial charge in [0.25, 0.3) is 0 Å². The number of carbonyl (C=O) groups excluding carboxylic acids is 1. The van der Waals surface area contributed by atoms with Crippen LogP contribution in [0.2, 0.25) is 0 Å². The van der Waals surface area contributed by atoms with Crippen molar-refractivity contribution in [3.05, 3.63) is 60.2 Å². The number of hydrazone groups is 1. The summed E-state index contributed by atoms with van der Waals surface area (Å²) in [6.07, 6.45) is 1.57. The van der Waals surface area contributed by atoms with E-state index in [0.29, 0.717) is 18.2 Å². The zero-order valence-electron chi connectivity index (χ0n) is 13.3. The van der Waals surface area contributed by atoms with Gasteiger partial charge in [0.2, 0.25) is 0 Å². The number of carbonyl (C=O) groups is 1. The first-order chi connectivity index (χ1) is 11.1. The number of nitrogens with zero attached hydrogens (tertiary/aromatic N) is 1. The van der Waals surface area contributed by atoms with Gasteiger partial charge in [-0.15, -0.1) is 0 Å². The molecule has 2 rings (SSSR count). The SMILES string of the molecule is CC(C)COc1ccccc1/C=N/NC(=O)Nc1ccccc1. The van der Waals surface area contributed by atoms with Crippen molar-refractivity contribution >= 4 is 17.9 Å². The molecule has 0 aliphatic heterocycles. The average Bonchev–Trinajstić information content (AvgIpc) is 2.55. The molecule has 0 heterocycles. The Labute approximate surface area is 136 Å². The Balaban J connectivity index is 1.91. The molecular formula is C18H21N3O2. The summed E-state index contributed by atoms with van der Waals surface area (Å²) in [5, 5.41) is 6.65. The van der Waals surface area contributed by atoms with Gasteiger partial charge in [-0.3, -0.25) is 0 Å². The van der Waals surface area contributed by atoms with Crippen LogP contribution in [-0.4, -0.2) is 18.9 Å². The Hall–Kier alpha value is -2.82. The zero-order chi connectivity index (χ0) is 16.5. The average molecular weight is 311 g/mol. The van der Waals surface area contributed by atoms with Gasteiger partial charge < -0.3 is 10.1 Å². The number of benzene rings is 2. The summed E-state index contributed by atoms with van der Waals surface area (Å²) in [5.74, 6) is 1.19. The minimum Gasteiger partial charge on any atom is -0.493 e. The lowest BCUT2D eigenvalue weighted by Crippen LogP contribution is -2.24. The summed E-state index contributed by atoms with van der Waals surface area (Å²) in [4.78, 5) is 11.7. The van der Waals surface area contributed by atoms with Gasteiger partial charge in [0.1, 0.15) is 5.75 Å². The minimum absolute atomic E-state index is 0.395. The molecule has 0 fully saturated rings. The number of rotatable bonds is 6. The highest BCUT2D eigenvalue weighted by Gasteiger charge is 2.03. The van der Waals surface area contributed by atoms with Crippen LogP contribution in [0, 0.1) is 5.92 Å². The van der Waals surface area contributed by atoms with Gasteiger partial charge in [0.05, 0.1) is 12.8 Å². The molecule has 0 aromatic heterocycles. The maximum atomic E-state index is 11.7. The lowest BCUT2D eigenvalue weighted by Gasteiger charge is -2.10. The van der Waals surface area contributed by atoms with Crippen molar-refractivity contribution in [1.82, 2.24) is 5.43 Å². The van der Waals surface area contributed by atoms with E-state index in [4.69, 9.17) is 4.74 Å². The van der Waals surface area contributed by atoms with Crippen LogP contribution in [0.1, 0.15) is 19.4 Å². The number of ether oxygens (including phenoxy) is 1. The standard InChI is InChI=1S/C18H21N3O2/c1-14(2)13-23-17-11-7-6-8-15(17)12-19-21-18(22)20-16-9-4-3-5-10-16/h3-12,14H,13H2,1-2H3,(H2,20,21,22)/b19-12+. The molecular weight excluding hydrogens is 290 g/mol. The van der Waals surface area contributed by atoms with Gasteiger partial charge in [0, 0.05) is 11.3 Å². The lowest BCUT2D eigenvalue weighted by molar-refractivity contribution is 0.252. The van der Waals surface area contributed by atoms with Crippen LogP contribution in [-0.2, 0) is 0 Å². The summed E-state index contributed by atoms with van der Waals surface area (Å²) in [7, 11) is 0. The van der Waals surface area contributed by atoms with E-state index in [1.807, 2.05) is 42.5 Å². The van der Waals surface area contributed by atoms with Gasteiger partial charge >= 0.3 is 6.03 Å². The highest BCUT2D eigenvalue weighted by Crippen LogP contribution is 2.16. The van der Waals surface area contributed by atoms with E-state index in [2.05, 4.69) is 29.7 Å². The topological polar surface area (TPSA) is 62.7 Å². The van der Waals surface area contributed by atoms with Crippen LogP contribution < -0.4 is 15.5 Å². The molecule has 23 heavy (non-hydrogen) atoms. The fourth-order valence-corrected chi connectivity index (χ4v) is 1.82. The molecule has 5 nitrogen and oxygen atoms in total. The van der Waals surface area contributed by atoms with Crippen molar-refractivity contribution in [3.8, 4) is 5.75 Å². The Bertz CT molecular complexity index is 654. The van der Waals surface area contributed by atoms with Gasteiger partial charge in [-0.1, -0.05) is 44.2 Å². The third-order valence-corrected chi connectivity index (χ3v) is 2.89. The highest BCUT2D eigenvalue weighted by molar-refractivity contribution is 5.90. The number of nitrogens with one attached hydrogen (secondary N) is 2. The number of hydrogen-bond acceptors (Lipinski definition) is 3. The number of amides is 2. The predicted molar refractivity (Wildman–Crippen MR) is 93.0 cm³/mol. The van der Waals surface area contributed by atoms with E-state index in [1.165, 1.54) is 0 Å². The molecule has 120 valence electrons. The lowest BCUT2D eigenvalue weighted by atomic mass is 10.2. The van der Waals surface area contributed by atoms with Gasteiger partial charge in [-0.05, 0) is 30.2 Å². The molecule has 0 aliphatic rings. The number of para-hydroxylation sites is 2. The third kappa shape index (κ3) is 5.82. The number of hydrogen-bond donors (Lipinski definition) is 2. The minimum atomic E-state index is -0.395. The molecule has 0 radical (unpaired) electrons. The van der Waals surface area contributed by atoms with Crippen LogP contribution in [0.5, 0.6) is 5.75 Å². The fraction of sp³-hybridized carbons (Fsp3) is 0.222. The van der Waals surface area contributed by atoms with E-state index in [0.717, 1.165) is 11.3 Å². The number of anilines is 1. The van der Waals surface area contributed by atoms with Crippen LogP contribution in [0.4, 0.5) is 10.5 Å². The summed E-state index contributed by atoms with van der Waals surface area (Å²) >= 11 is 0. The first-order valence-electron chi connectivity index (χ1n) is 7.52. The molecule has 2 aromatic rings. The van der Waals surface area contributed by atoms with Crippen LogP contribution in [0.25, 0.3) is 0 Å². The molecule has 0 atom stereocenters. The Kier molecular flexibility index (Phi) is 6.17. The maximum absolute atomic E-state index is 11.7. The monoisotopic (exact) mass is 311 g/mol. The van der Waals surface area contributed by atoms with Crippen molar-refractivity contribution < 1.29 is 9.53 Å². The van der Waals surface area contributed by atoms with Crippen molar-refractivity contribution in [2.24, 2.45) is 11.0 Å². The first-order valence-corrected chi connectivity index (χ1v) is 7.52. The van der Waals surface area contributed by atoms with Gasteiger partial charge in [-0.2, -0.15) is 5.10 Å². The number of urea groups is 1. The molecule has 2 amide bonds. The van der Waals surface area contributed by atoms with Gasteiger partial charge in [0.15, 0.2) is 0 Å². The van der Waals surface area contributed by atoms with E-state index in [1.54, 1.807) is 18.3 Å². The summed E-state index contributed by atoms with van der Waals surface area (Å²) in [6, 6.07) is 16.4. The Morgan fingerprint density at radius 2 is 1.83 bits per heavy atom. The van der Waals surface area contributed by atoms with Crippen LogP contribution in [0.15, 0.2) is 59.7 Å². The molecule has 2 aromatic carbocycles. The summed E-state index contributed by atoms with van der Waals surface area (Å²) < 4.78 is 5.73. The molecule has 0 unspecified atom stereocenters. The summed E-state index contributed by atoms with van der Waals surface area (Å²) in [5.41, 5.74) is 3.96. The van der Waals surface area contributed by atoms with Crippen LogP contribution in [0.3, 0.4) is 0 Å². The van der Waals surface area contributed by atoms with E-state index < -0.39 is 6.03 Å². The van der Waals surface area contributed by atoms with Crippen molar-refractivity contribution in [2.75, 3.05) is 11.9 Å². The van der Waals surface area contributed by atoms with Crippen molar-refractivity contribution in [3.63, 3.8) is 0 Å². The fourth-order valence-electron chi connectivity index (χ4n) is 1.82. The zero-order valence-corrected chi connectivity index (χ0v) is 13.3. The largest absolute Gasteiger partial charge is 0.493 e. The molecule has 2 N–H and O–H groups in total. The molecule has 5 heteroatoms. The Morgan fingerprint density at radius 1 is 1.13 bits per heavy atom. The maximum Gasteiger partial charge on any atom is 0.339 e. The molecule has 0 saturated carbocycles. The second-order valence-corrected chi connectivity index (χ2v) is 5.43. The smallest absolute Gasteiger partial charge is 0.339 e. The predicted octanol–water partition coefficient (Wildman–Crippen LogP) is 3.88. The van der Waals surface area contributed by atoms with Crippen molar-refractivity contribution in [2.45, 2.75) is 13.8 Å². The van der Waals surface area contributed by atoms with Crippen LogP contribution >= 0.6 is 0 Å². The second kappa shape index (κ2) is 8.58. The normalized spacial score (nSPS) is 10.7. The van der Waals surface area contributed by atoms with Crippen molar-refractivity contribution in [1.29, 1.82) is 0 Å². The Morgan fingerprint density at radius 3 is 2.57 bits per heavy atom. The third-order valence-electron chi connectivity index (χ3n) is 2.89. The molecule has 0 aliphatic carbocycles. The molecule has 0 saturated heterocycles. The van der Waals surface area contributed by atoms with Gasteiger partial charge in [-0.25, -0.2) is 10.2 Å². The molecule has 0 spiro atoms. The van der Waals surface area contributed by atoms with E-state index in [-0.39, 0.29) is 0 Å². The quantitative estimate of drug-likeness (QED) is 0.628. The first kappa shape index (κ1) is 16.5. The highest BCUT2D eigenvalue weighted by atomic mass is 16.5. The second-order valence-electron chi connectivity index (χ2n) is 5.43. The van der Waals surface area contributed by atoms with E-state index in [9.17, 15) is 4.79 Å². The van der Waals surface area contributed by atoms with E-state index >= 15 is 0 Å².